The number of nitrogens with zero attached hydrogens (tertiary/aromatic N) is 2. The molecule has 196 valence electrons. The zero-order chi connectivity index (χ0) is 26.8. The van der Waals surface area contributed by atoms with Gasteiger partial charge in [-0.25, -0.2) is 0 Å². The SMILES string of the molecule is CC(C)[C@H](NC(=O)CCCCCN1C(=O)C=CC1=O)C(=O)N[C@@H](C)C(=O)N(C)c1ccc(CI)cc1. The van der Waals surface area contributed by atoms with Gasteiger partial charge in [-0.1, -0.05) is 55.0 Å². The van der Waals surface area contributed by atoms with E-state index in [9.17, 15) is 24.0 Å². The van der Waals surface area contributed by atoms with Crippen LogP contribution >= 0.6 is 22.6 Å². The molecular formula is C26H35IN4O5. The highest BCUT2D eigenvalue weighted by molar-refractivity contribution is 14.1. The topological polar surface area (TPSA) is 116 Å². The molecule has 0 spiro atoms. The Bertz CT molecular complexity index is 975. The van der Waals surface area contributed by atoms with Crippen LogP contribution in [0.4, 0.5) is 5.69 Å². The zero-order valence-electron chi connectivity index (χ0n) is 21.3. The van der Waals surface area contributed by atoms with E-state index in [1.165, 1.54) is 22.0 Å². The Morgan fingerprint density at radius 2 is 1.56 bits per heavy atom. The van der Waals surface area contributed by atoms with Crippen molar-refractivity contribution in [2.75, 3.05) is 18.5 Å². The number of hydrogen-bond acceptors (Lipinski definition) is 5. The summed E-state index contributed by atoms with van der Waals surface area (Å²) in [5.74, 6) is -1.72. The van der Waals surface area contributed by atoms with Gasteiger partial charge in [-0.3, -0.25) is 28.9 Å². The van der Waals surface area contributed by atoms with Crippen LogP contribution < -0.4 is 15.5 Å². The number of benzene rings is 1. The van der Waals surface area contributed by atoms with Gasteiger partial charge in [0, 0.05) is 42.3 Å². The van der Waals surface area contributed by atoms with Crippen LogP contribution in [-0.4, -0.2) is 60.1 Å². The molecule has 1 aromatic rings. The molecule has 0 fully saturated rings. The van der Waals surface area contributed by atoms with Crippen molar-refractivity contribution in [3.05, 3.63) is 42.0 Å². The Morgan fingerprint density at radius 3 is 2.11 bits per heavy atom. The fourth-order valence-electron chi connectivity index (χ4n) is 3.76. The lowest BCUT2D eigenvalue weighted by Gasteiger charge is -2.26. The zero-order valence-corrected chi connectivity index (χ0v) is 23.4. The summed E-state index contributed by atoms with van der Waals surface area (Å²) in [5.41, 5.74) is 1.89. The van der Waals surface area contributed by atoms with Gasteiger partial charge >= 0.3 is 0 Å². The van der Waals surface area contributed by atoms with Crippen LogP contribution in [0.2, 0.25) is 0 Å². The summed E-state index contributed by atoms with van der Waals surface area (Å²) in [4.78, 5) is 64.0. The van der Waals surface area contributed by atoms with Crippen LogP contribution in [0.5, 0.6) is 0 Å². The number of imide groups is 1. The Kier molecular flexibility index (Phi) is 11.5. The molecule has 9 nitrogen and oxygen atoms in total. The number of amides is 5. The minimum absolute atomic E-state index is 0.172. The van der Waals surface area contributed by atoms with Crippen molar-refractivity contribution in [2.45, 2.75) is 63.0 Å². The van der Waals surface area contributed by atoms with Crippen LogP contribution in [-0.2, 0) is 28.4 Å². The molecule has 0 saturated heterocycles. The third kappa shape index (κ3) is 8.42. The van der Waals surface area contributed by atoms with Gasteiger partial charge in [0.2, 0.25) is 17.7 Å². The number of likely N-dealkylation sites (N-methyl/N-ethyl adjacent to an activating group) is 1. The van der Waals surface area contributed by atoms with Gasteiger partial charge in [0.05, 0.1) is 0 Å². The van der Waals surface area contributed by atoms with Gasteiger partial charge in [-0.05, 0) is 43.4 Å². The molecule has 10 heteroatoms. The number of anilines is 1. The van der Waals surface area contributed by atoms with Crippen LogP contribution in [0.1, 0.15) is 52.0 Å². The van der Waals surface area contributed by atoms with E-state index in [1.54, 1.807) is 14.0 Å². The minimum Gasteiger partial charge on any atom is -0.344 e. The monoisotopic (exact) mass is 610 g/mol. The number of nitrogens with one attached hydrogen (secondary N) is 2. The molecule has 0 radical (unpaired) electrons. The predicted molar refractivity (Wildman–Crippen MR) is 146 cm³/mol. The summed E-state index contributed by atoms with van der Waals surface area (Å²) in [7, 11) is 1.66. The number of unbranched alkanes of at least 4 members (excludes halogenated alkanes) is 2. The molecule has 1 aliphatic rings. The van der Waals surface area contributed by atoms with Crippen molar-refractivity contribution in [3.63, 3.8) is 0 Å². The molecule has 0 saturated carbocycles. The molecule has 2 N–H and O–H groups in total. The fourth-order valence-corrected chi connectivity index (χ4v) is 4.26. The molecule has 2 rings (SSSR count). The van der Waals surface area contributed by atoms with Gasteiger partial charge < -0.3 is 15.5 Å². The minimum atomic E-state index is -0.771. The predicted octanol–water partition coefficient (Wildman–Crippen LogP) is 2.72. The second kappa shape index (κ2) is 14.1. The average molecular weight is 610 g/mol. The third-order valence-electron chi connectivity index (χ3n) is 5.99. The number of carbonyl (C=O) groups excluding carboxylic acids is 5. The molecule has 0 aliphatic carbocycles. The fraction of sp³-hybridized carbons (Fsp3) is 0.500. The summed E-state index contributed by atoms with van der Waals surface area (Å²) < 4.78 is 0.878. The summed E-state index contributed by atoms with van der Waals surface area (Å²) in [6, 6.07) is 6.12. The lowest BCUT2D eigenvalue weighted by atomic mass is 10.0. The lowest BCUT2D eigenvalue weighted by Crippen LogP contribution is -2.54. The Morgan fingerprint density at radius 1 is 0.944 bits per heavy atom. The molecule has 2 atom stereocenters. The Hall–Kier alpha value is -2.76. The maximum Gasteiger partial charge on any atom is 0.253 e. The van der Waals surface area contributed by atoms with Gasteiger partial charge in [-0.15, -0.1) is 0 Å². The van der Waals surface area contributed by atoms with Crippen LogP contribution in [0.3, 0.4) is 0 Å². The molecule has 36 heavy (non-hydrogen) atoms. The first-order valence-electron chi connectivity index (χ1n) is 12.1. The van der Waals surface area contributed by atoms with E-state index in [-0.39, 0.29) is 36.0 Å². The van der Waals surface area contributed by atoms with Crippen LogP contribution in [0, 0.1) is 5.92 Å². The van der Waals surface area contributed by atoms with Crippen molar-refractivity contribution >= 4 is 57.8 Å². The van der Waals surface area contributed by atoms with Crippen LogP contribution in [0.15, 0.2) is 36.4 Å². The normalized spacial score (nSPS) is 14.7. The molecule has 1 aliphatic heterocycles. The number of hydrogen-bond donors (Lipinski definition) is 2. The van der Waals surface area contributed by atoms with Crippen molar-refractivity contribution in [1.82, 2.24) is 15.5 Å². The first kappa shape index (κ1) is 29.5. The lowest BCUT2D eigenvalue weighted by molar-refractivity contribution is -0.137. The first-order valence-corrected chi connectivity index (χ1v) is 13.6. The molecule has 1 heterocycles. The summed E-state index contributed by atoms with van der Waals surface area (Å²) >= 11 is 2.27. The number of alkyl halides is 1. The third-order valence-corrected chi connectivity index (χ3v) is 6.87. The van der Waals surface area contributed by atoms with E-state index in [0.717, 1.165) is 15.7 Å². The Balaban J connectivity index is 1.80. The number of carbonyl (C=O) groups is 5. The highest BCUT2D eigenvalue weighted by Crippen LogP contribution is 2.17. The van der Waals surface area contributed by atoms with Crippen LogP contribution in [0.25, 0.3) is 0 Å². The molecule has 0 aromatic heterocycles. The summed E-state index contributed by atoms with van der Waals surface area (Å²) in [5, 5.41) is 5.51. The van der Waals surface area contributed by atoms with E-state index in [2.05, 4.69) is 33.2 Å². The van der Waals surface area contributed by atoms with Crippen molar-refractivity contribution < 1.29 is 24.0 Å². The van der Waals surface area contributed by atoms with Gasteiger partial charge in [0.15, 0.2) is 0 Å². The molecule has 1 aromatic carbocycles. The number of halogens is 1. The van der Waals surface area contributed by atoms with E-state index < -0.39 is 18.0 Å². The summed E-state index contributed by atoms with van der Waals surface area (Å²) in [6.07, 6.45) is 4.57. The standard InChI is InChI=1S/C26H35IN4O5/c1-17(2)24(29-21(32)8-6-5-7-15-31-22(33)13-14-23(31)34)25(35)28-18(3)26(36)30(4)20-11-9-19(16-27)10-12-20/h9-14,17-18,24H,5-8,15-16H2,1-4H3,(H,28,35)(H,29,32)/t18-,24-/m0/s1. The highest BCUT2D eigenvalue weighted by atomic mass is 127. The maximum atomic E-state index is 12.9. The van der Waals surface area contributed by atoms with Gasteiger partial charge in [-0.2, -0.15) is 0 Å². The van der Waals surface area contributed by atoms with E-state index >= 15 is 0 Å². The van der Waals surface area contributed by atoms with Gasteiger partial charge in [0.1, 0.15) is 12.1 Å². The molecule has 0 bridgehead atoms. The van der Waals surface area contributed by atoms with Gasteiger partial charge in [0.25, 0.3) is 11.8 Å². The maximum absolute atomic E-state index is 12.9. The largest absolute Gasteiger partial charge is 0.344 e. The number of rotatable bonds is 13. The Labute approximate surface area is 226 Å². The van der Waals surface area contributed by atoms with E-state index in [1.807, 2.05) is 38.1 Å². The van der Waals surface area contributed by atoms with Crippen molar-refractivity contribution in [2.24, 2.45) is 5.92 Å². The smallest absolute Gasteiger partial charge is 0.253 e. The molecule has 5 amide bonds. The second-order valence-electron chi connectivity index (χ2n) is 9.19. The van der Waals surface area contributed by atoms with Crippen molar-refractivity contribution in [1.29, 1.82) is 0 Å². The second-order valence-corrected chi connectivity index (χ2v) is 9.95. The quantitative estimate of drug-likeness (QED) is 0.154. The average Bonchev–Trinajstić information content (AvgIpc) is 3.17. The van der Waals surface area contributed by atoms with Crippen molar-refractivity contribution in [3.8, 4) is 0 Å². The van der Waals surface area contributed by atoms with E-state index in [4.69, 9.17) is 0 Å². The summed E-state index contributed by atoms with van der Waals surface area (Å²) in [6.45, 7) is 5.61. The first-order chi connectivity index (χ1) is 17.0. The van der Waals surface area contributed by atoms with E-state index in [0.29, 0.717) is 25.8 Å². The molecular weight excluding hydrogens is 575 g/mol. The highest BCUT2D eigenvalue weighted by Gasteiger charge is 2.28. The molecule has 0 unspecified atom stereocenters.